The maximum absolute atomic E-state index is 8.65. The summed E-state index contributed by atoms with van der Waals surface area (Å²) >= 11 is 1.77. The summed E-state index contributed by atoms with van der Waals surface area (Å²) in [6, 6.07) is 2.15. The minimum Gasteiger partial charge on any atom is -0.384 e. The molecule has 92 valence electrons. The number of nitrogens with zero attached hydrogens (tertiary/aromatic N) is 1. The Bertz CT molecular complexity index is 415. The molecule has 0 aliphatic carbocycles. The van der Waals surface area contributed by atoms with Crippen molar-refractivity contribution in [2.45, 2.75) is 26.3 Å². The van der Waals surface area contributed by atoms with Crippen LogP contribution in [-0.4, -0.2) is 29.7 Å². The number of aliphatic hydroxyl groups is 1. The molecule has 2 rings (SSSR count). The molecule has 1 atom stereocenters. The molecule has 1 aromatic rings. The van der Waals surface area contributed by atoms with Gasteiger partial charge in [0.2, 0.25) is 0 Å². The normalized spacial score (nSPS) is 20.9. The quantitative estimate of drug-likeness (QED) is 0.813. The number of likely N-dealkylation sites (tertiary alicyclic amines) is 1. The van der Waals surface area contributed by atoms with Crippen LogP contribution in [0, 0.1) is 17.8 Å². The topological polar surface area (TPSA) is 23.5 Å². The van der Waals surface area contributed by atoms with Gasteiger partial charge in [0.15, 0.2) is 0 Å². The molecule has 3 heteroatoms. The van der Waals surface area contributed by atoms with E-state index in [0.717, 1.165) is 18.0 Å². The zero-order valence-electron chi connectivity index (χ0n) is 10.3. The summed E-state index contributed by atoms with van der Waals surface area (Å²) in [5, 5.41) is 10.7. The third-order valence-corrected chi connectivity index (χ3v) is 4.01. The van der Waals surface area contributed by atoms with Crippen LogP contribution < -0.4 is 0 Å². The van der Waals surface area contributed by atoms with Gasteiger partial charge in [-0.1, -0.05) is 18.8 Å². The van der Waals surface area contributed by atoms with Crippen LogP contribution >= 0.6 is 11.3 Å². The lowest BCUT2D eigenvalue weighted by atomic mass is 10.0. The summed E-state index contributed by atoms with van der Waals surface area (Å²) < 4.78 is 0. The maximum atomic E-state index is 8.65. The fraction of sp³-hybridized carbons (Fsp3) is 0.571. The van der Waals surface area contributed by atoms with Crippen LogP contribution in [0.1, 0.15) is 30.2 Å². The second-order valence-electron chi connectivity index (χ2n) is 4.74. The largest absolute Gasteiger partial charge is 0.384 e. The van der Waals surface area contributed by atoms with E-state index in [0.29, 0.717) is 0 Å². The van der Waals surface area contributed by atoms with Gasteiger partial charge in [-0.15, -0.1) is 11.3 Å². The van der Waals surface area contributed by atoms with E-state index in [2.05, 4.69) is 35.1 Å². The monoisotopic (exact) mass is 249 g/mol. The summed E-state index contributed by atoms with van der Waals surface area (Å²) in [7, 11) is 0. The van der Waals surface area contributed by atoms with Crippen LogP contribution in [0.25, 0.3) is 0 Å². The zero-order valence-corrected chi connectivity index (χ0v) is 11.1. The third kappa shape index (κ3) is 3.85. The molecule has 1 fully saturated rings. The van der Waals surface area contributed by atoms with Gasteiger partial charge in [-0.2, -0.15) is 0 Å². The number of hydrogen-bond acceptors (Lipinski definition) is 3. The predicted octanol–water partition coefficient (Wildman–Crippen LogP) is 2.32. The minimum atomic E-state index is -0.0607. The molecule has 2 nitrogen and oxygen atoms in total. The molecule has 1 aliphatic rings. The molecule has 0 saturated carbocycles. The summed E-state index contributed by atoms with van der Waals surface area (Å²) in [5.41, 5.74) is 1.03. The number of rotatable bonds is 2. The average molecular weight is 249 g/mol. The summed E-state index contributed by atoms with van der Waals surface area (Å²) in [6.07, 6.45) is 2.69. The summed E-state index contributed by atoms with van der Waals surface area (Å²) in [5.74, 6) is 6.47. The van der Waals surface area contributed by atoms with Gasteiger partial charge in [0.05, 0.1) is 0 Å². The zero-order chi connectivity index (χ0) is 12.1. The van der Waals surface area contributed by atoms with Gasteiger partial charge in [0, 0.05) is 28.9 Å². The molecule has 2 heterocycles. The molecule has 0 bridgehead atoms. The van der Waals surface area contributed by atoms with E-state index in [9.17, 15) is 0 Å². The van der Waals surface area contributed by atoms with Crippen molar-refractivity contribution in [2.75, 3.05) is 19.7 Å². The van der Waals surface area contributed by atoms with Crippen LogP contribution in [0.3, 0.4) is 0 Å². The first kappa shape index (κ1) is 12.6. The Morgan fingerprint density at radius 2 is 2.47 bits per heavy atom. The van der Waals surface area contributed by atoms with E-state index in [4.69, 9.17) is 5.11 Å². The highest BCUT2D eigenvalue weighted by molar-refractivity contribution is 7.10. The highest BCUT2D eigenvalue weighted by Gasteiger charge is 2.16. The Labute approximate surface area is 107 Å². The van der Waals surface area contributed by atoms with Gasteiger partial charge in [-0.25, -0.2) is 0 Å². The number of hydrogen-bond donors (Lipinski definition) is 1. The second kappa shape index (κ2) is 6.20. The molecule has 0 aromatic carbocycles. The first-order chi connectivity index (χ1) is 8.28. The first-order valence-electron chi connectivity index (χ1n) is 6.17. The van der Waals surface area contributed by atoms with Crippen molar-refractivity contribution in [2.24, 2.45) is 5.92 Å². The molecule has 1 unspecified atom stereocenters. The van der Waals surface area contributed by atoms with Crippen molar-refractivity contribution in [1.82, 2.24) is 4.90 Å². The SMILES string of the molecule is CC1CCCN(Cc2cc(C#CCO)cs2)C1. The first-order valence-corrected chi connectivity index (χ1v) is 7.05. The highest BCUT2D eigenvalue weighted by Crippen LogP contribution is 2.21. The molecule has 0 spiro atoms. The van der Waals surface area contributed by atoms with E-state index in [1.165, 1.54) is 30.8 Å². The Balaban J connectivity index is 1.92. The van der Waals surface area contributed by atoms with Gasteiger partial charge in [-0.05, 0) is 31.4 Å². The van der Waals surface area contributed by atoms with Crippen molar-refractivity contribution < 1.29 is 5.11 Å². The molecular formula is C14H19NOS. The van der Waals surface area contributed by atoms with Gasteiger partial charge in [0.25, 0.3) is 0 Å². The van der Waals surface area contributed by atoms with E-state index in [1.54, 1.807) is 11.3 Å². The lowest BCUT2D eigenvalue weighted by Crippen LogP contribution is -2.33. The van der Waals surface area contributed by atoms with Gasteiger partial charge in [0.1, 0.15) is 6.61 Å². The number of aliphatic hydroxyl groups excluding tert-OH is 1. The molecule has 0 amide bonds. The molecule has 1 N–H and O–H groups in total. The molecule has 1 aliphatic heterocycles. The van der Waals surface area contributed by atoms with Crippen LogP contribution in [0.5, 0.6) is 0 Å². The number of piperidine rings is 1. The average Bonchev–Trinajstić information content (AvgIpc) is 2.74. The van der Waals surface area contributed by atoms with Gasteiger partial charge < -0.3 is 5.11 Å². The third-order valence-electron chi connectivity index (χ3n) is 3.09. The van der Waals surface area contributed by atoms with E-state index >= 15 is 0 Å². The molecule has 1 saturated heterocycles. The molecule has 0 radical (unpaired) electrons. The van der Waals surface area contributed by atoms with Gasteiger partial charge >= 0.3 is 0 Å². The maximum Gasteiger partial charge on any atom is 0.104 e. The van der Waals surface area contributed by atoms with Crippen LogP contribution in [0.15, 0.2) is 11.4 Å². The van der Waals surface area contributed by atoms with Crippen molar-refractivity contribution in [1.29, 1.82) is 0 Å². The Hall–Kier alpha value is -0.820. The Morgan fingerprint density at radius 3 is 3.24 bits per heavy atom. The standard InChI is InChI=1S/C14H19NOS/c1-12-4-2-6-15(9-12)10-14-8-13(11-17-14)5-3-7-16/h8,11-12,16H,2,4,6-7,9-10H2,1H3. The molecule has 17 heavy (non-hydrogen) atoms. The van der Waals surface area contributed by atoms with Gasteiger partial charge in [-0.3, -0.25) is 4.90 Å². The Morgan fingerprint density at radius 1 is 1.59 bits per heavy atom. The van der Waals surface area contributed by atoms with Crippen molar-refractivity contribution in [3.05, 3.63) is 21.9 Å². The van der Waals surface area contributed by atoms with Crippen LogP contribution in [0.2, 0.25) is 0 Å². The lowest BCUT2D eigenvalue weighted by molar-refractivity contribution is 0.178. The van der Waals surface area contributed by atoms with E-state index in [1.807, 2.05) is 0 Å². The van der Waals surface area contributed by atoms with Crippen molar-refractivity contribution in [3.8, 4) is 11.8 Å². The summed E-state index contributed by atoms with van der Waals surface area (Å²) in [6.45, 7) is 5.76. The Kier molecular flexibility index (Phi) is 4.61. The fourth-order valence-electron chi connectivity index (χ4n) is 2.32. The summed E-state index contributed by atoms with van der Waals surface area (Å²) in [4.78, 5) is 3.91. The molecular weight excluding hydrogens is 230 g/mol. The smallest absolute Gasteiger partial charge is 0.104 e. The van der Waals surface area contributed by atoms with Crippen LogP contribution in [0.4, 0.5) is 0 Å². The second-order valence-corrected chi connectivity index (χ2v) is 5.74. The van der Waals surface area contributed by atoms with E-state index in [-0.39, 0.29) is 6.61 Å². The predicted molar refractivity (Wildman–Crippen MR) is 72.0 cm³/mol. The fourth-order valence-corrected chi connectivity index (χ4v) is 3.18. The highest BCUT2D eigenvalue weighted by atomic mass is 32.1. The van der Waals surface area contributed by atoms with Crippen molar-refractivity contribution >= 4 is 11.3 Å². The van der Waals surface area contributed by atoms with E-state index < -0.39 is 0 Å². The number of thiophene rings is 1. The van der Waals surface area contributed by atoms with Crippen molar-refractivity contribution in [3.63, 3.8) is 0 Å². The molecule has 1 aromatic heterocycles. The lowest BCUT2D eigenvalue weighted by Gasteiger charge is -2.30. The van der Waals surface area contributed by atoms with Crippen LogP contribution in [-0.2, 0) is 6.54 Å². The minimum absolute atomic E-state index is 0.0607.